The number of hydrogen-bond acceptors (Lipinski definition) is 4. The van der Waals surface area contributed by atoms with Crippen LogP contribution < -0.4 is 0 Å². The highest BCUT2D eigenvalue weighted by atomic mass is 35.5. The number of methoxy groups -OCH3 is 1. The maximum atomic E-state index is 12.5. The average molecular weight is 318 g/mol. The van der Waals surface area contributed by atoms with Crippen LogP contribution in [0.25, 0.3) is 0 Å². The second kappa shape index (κ2) is 5.99. The quantitative estimate of drug-likeness (QED) is 0.844. The lowest BCUT2D eigenvalue weighted by Crippen LogP contribution is -2.41. The van der Waals surface area contributed by atoms with E-state index >= 15 is 0 Å². The first kappa shape index (κ1) is 15.1. The molecule has 1 aromatic rings. The van der Waals surface area contributed by atoms with Gasteiger partial charge in [-0.2, -0.15) is 0 Å². The fourth-order valence-corrected chi connectivity index (χ4v) is 2.80. The summed E-state index contributed by atoms with van der Waals surface area (Å²) in [4.78, 5) is 25.4. The predicted molar refractivity (Wildman–Crippen MR) is 73.9 cm³/mol. The highest BCUT2D eigenvalue weighted by Crippen LogP contribution is 2.29. The zero-order valence-electron chi connectivity index (χ0n) is 10.7. The molecule has 20 heavy (non-hydrogen) atoms. The number of esters is 1. The normalized spacial score (nSPS) is 21.9. The van der Waals surface area contributed by atoms with Crippen molar-refractivity contribution in [2.75, 3.05) is 13.7 Å². The molecule has 1 aliphatic rings. The summed E-state index contributed by atoms with van der Waals surface area (Å²) in [6, 6.07) is 3.88. The number of amides is 1. The lowest BCUT2D eigenvalue weighted by molar-refractivity contribution is -0.145. The first-order valence-corrected chi connectivity index (χ1v) is 6.72. The van der Waals surface area contributed by atoms with Crippen LogP contribution in [-0.2, 0) is 9.53 Å². The Balaban J connectivity index is 2.34. The Bertz CT molecular complexity index is 529. The van der Waals surface area contributed by atoms with Crippen LogP contribution in [0.2, 0.25) is 10.0 Å². The average Bonchev–Trinajstić information content (AvgIpc) is 2.79. The third kappa shape index (κ3) is 2.75. The zero-order valence-corrected chi connectivity index (χ0v) is 12.2. The van der Waals surface area contributed by atoms with Crippen LogP contribution >= 0.6 is 23.2 Å². The van der Waals surface area contributed by atoms with Gasteiger partial charge in [-0.15, -0.1) is 0 Å². The number of nitrogens with zero attached hydrogens (tertiary/aromatic N) is 1. The molecule has 2 unspecified atom stereocenters. The highest BCUT2D eigenvalue weighted by Gasteiger charge is 2.40. The number of hydrogen-bond donors (Lipinski definition) is 1. The third-order valence-electron chi connectivity index (χ3n) is 3.19. The smallest absolute Gasteiger partial charge is 0.328 e. The van der Waals surface area contributed by atoms with Crippen molar-refractivity contribution in [1.29, 1.82) is 0 Å². The van der Waals surface area contributed by atoms with Gasteiger partial charge < -0.3 is 14.7 Å². The maximum absolute atomic E-state index is 12.5. The zero-order chi connectivity index (χ0) is 14.9. The Hall–Kier alpha value is -1.30. The molecule has 0 spiro atoms. The number of benzene rings is 1. The molecule has 2 atom stereocenters. The van der Waals surface area contributed by atoms with Gasteiger partial charge in [-0.05, 0) is 12.1 Å². The number of β-amino-alcohol motifs (C(OH)–C–C–N with tert-alkyl or cyclic N) is 1. The van der Waals surface area contributed by atoms with Gasteiger partial charge >= 0.3 is 5.97 Å². The molecule has 1 heterocycles. The largest absolute Gasteiger partial charge is 0.467 e. The molecule has 7 heteroatoms. The van der Waals surface area contributed by atoms with E-state index in [1.165, 1.54) is 12.0 Å². The van der Waals surface area contributed by atoms with E-state index in [9.17, 15) is 14.7 Å². The molecule has 5 nitrogen and oxygen atoms in total. The number of aliphatic hydroxyl groups is 1. The highest BCUT2D eigenvalue weighted by molar-refractivity contribution is 6.39. The van der Waals surface area contributed by atoms with E-state index in [2.05, 4.69) is 4.74 Å². The van der Waals surface area contributed by atoms with Gasteiger partial charge in [0.15, 0.2) is 0 Å². The van der Waals surface area contributed by atoms with Crippen LogP contribution in [0.5, 0.6) is 0 Å². The van der Waals surface area contributed by atoms with Crippen molar-refractivity contribution in [3.63, 3.8) is 0 Å². The van der Waals surface area contributed by atoms with Crippen molar-refractivity contribution in [3.8, 4) is 0 Å². The van der Waals surface area contributed by atoms with E-state index in [1.807, 2.05) is 0 Å². The number of likely N-dealkylation sites (tertiary alicyclic amines) is 1. The van der Waals surface area contributed by atoms with E-state index in [0.29, 0.717) is 0 Å². The fraction of sp³-hybridized carbons (Fsp3) is 0.385. The molecule has 0 aromatic heterocycles. The molecule has 1 aliphatic heterocycles. The number of carbonyl (C=O) groups excluding carboxylic acids is 2. The van der Waals surface area contributed by atoms with Crippen molar-refractivity contribution in [1.82, 2.24) is 4.90 Å². The summed E-state index contributed by atoms with van der Waals surface area (Å²) in [5.41, 5.74) is 0.124. The molecular weight excluding hydrogens is 305 g/mol. The number of rotatable bonds is 2. The topological polar surface area (TPSA) is 66.8 Å². The lowest BCUT2D eigenvalue weighted by Gasteiger charge is -2.23. The van der Waals surface area contributed by atoms with Gasteiger partial charge in [0.05, 0.1) is 28.8 Å². The van der Waals surface area contributed by atoms with Crippen molar-refractivity contribution >= 4 is 35.1 Å². The fourth-order valence-electron chi connectivity index (χ4n) is 2.24. The van der Waals surface area contributed by atoms with Gasteiger partial charge in [-0.1, -0.05) is 29.3 Å². The number of aliphatic hydroxyl groups excluding tert-OH is 1. The van der Waals surface area contributed by atoms with Crippen LogP contribution in [0.3, 0.4) is 0 Å². The Morgan fingerprint density at radius 3 is 2.50 bits per heavy atom. The van der Waals surface area contributed by atoms with Crippen molar-refractivity contribution < 1.29 is 19.4 Å². The monoisotopic (exact) mass is 317 g/mol. The third-order valence-corrected chi connectivity index (χ3v) is 3.82. The number of halogens is 2. The minimum Gasteiger partial charge on any atom is -0.467 e. The molecule has 0 radical (unpaired) electrons. The standard InChI is InChI=1S/C13H13Cl2NO4/c1-20-13(19)10-5-7(17)6-16(10)12(18)11-8(14)3-2-4-9(11)15/h2-4,7,10,17H,5-6H2,1H3. The van der Waals surface area contributed by atoms with Gasteiger partial charge in [0.25, 0.3) is 5.91 Å². The van der Waals surface area contributed by atoms with Gasteiger partial charge in [-0.25, -0.2) is 4.79 Å². The summed E-state index contributed by atoms with van der Waals surface area (Å²) < 4.78 is 4.65. The number of ether oxygens (including phenoxy) is 1. The van der Waals surface area contributed by atoms with Crippen LogP contribution in [-0.4, -0.2) is 47.7 Å². The first-order valence-electron chi connectivity index (χ1n) is 5.96. The summed E-state index contributed by atoms with van der Waals surface area (Å²) in [6.45, 7) is 0.0418. The molecule has 108 valence electrons. The predicted octanol–water partition coefficient (Wildman–Crippen LogP) is 1.74. The second-order valence-electron chi connectivity index (χ2n) is 4.48. The molecule has 1 amide bonds. The van der Waals surface area contributed by atoms with Crippen LogP contribution in [0.1, 0.15) is 16.8 Å². The van der Waals surface area contributed by atoms with Gasteiger partial charge in [-0.3, -0.25) is 4.79 Å². The molecule has 1 fully saturated rings. The number of carbonyl (C=O) groups is 2. The van der Waals surface area contributed by atoms with E-state index in [0.717, 1.165) is 0 Å². The summed E-state index contributed by atoms with van der Waals surface area (Å²) in [5.74, 6) is -1.06. The summed E-state index contributed by atoms with van der Waals surface area (Å²) >= 11 is 12.0. The van der Waals surface area contributed by atoms with Crippen LogP contribution in [0.15, 0.2) is 18.2 Å². The van der Waals surface area contributed by atoms with Gasteiger partial charge in [0.2, 0.25) is 0 Å². The van der Waals surface area contributed by atoms with Crippen molar-refractivity contribution in [2.45, 2.75) is 18.6 Å². The molecule has 1 saturated heterocycles. The molecule has 1 N–H and O–H groups in total. The molecular formula is C13H13Cl2NO4. The molecule has 1 aromatic carbocycles. The van der Waals surface area contributed by atoms with Crippen molar-refractivity contribution in [2.24, 2.45) is 0 Å². The van der Waals surface area contributed by atoms with Gasteiger partial charge in [0.1, 0.15) is 6.04 Å². The Morgan fingerprint density at radius 1 is 1.35 bits per heavy atom. The SMILES string of the molecule is COC(=O)C1CC(O)CN1C(=O)c1c(Cl)cccc1Cl. The lowest BCUT2D eigenvalue weighted by atomic mass is 10.1. The minimum atomic E-state index is -0.824. The molecule has 0 bridgehead atoms. The van der Waals surface area contributed by atoms with Crippen LogP contribution in [0.4, 0.5) is 0 Å². The van der Waals surface area contributed by atoms with E-state index in [4.69, 9.17) is 23.2 Å². The second-order valence-corrected chi connectivity index (χ2v) is 5.30. The van der Waals surface area contributed by atoms with Gasteiger partial charge in [0, 0.05) is 13.0 Å². The van der Waals surface area contributed by atoms with E-state index < -0.39 is 24.0 Å². The Labute approximate surface area is 126 Å². The Kier molecular flexibility index (Phi) is 4.52. The summed E-state index contributed by atoms with van der Waals surface area (Å²) in [5, 5.41) is 10.1. The van der Waals surface area contributed by atoms with Crippen molar-refractivity contribution in [3.05, 3.63) is 33.8 Å². The molecule has 2 rings (SSSR count). The summed E-state index contributed by atoms with van der Waals surface area (Å²) in [7, 11) is 1.23. The maximum Gasteiger partial charge on any atom is 0.328 e. The summed E-state index contributed by atoms with van der Waals surface area (Å²) in [6.07, 6.45) is -0.634. The minimum absolute atomic E-state index is 0.0418. The van der Waals surface area contributed by atoms with E-state index in [-0.39, 0.29) is 28.6 Å². The Morgan fingerprint density at radius 2 is 1.95 bits per heavy atom. The molecule has 0 saturated carbocycles. The molecule has 0 aliphatic carbocycles. The first-order chi connectivity index (χ1) is 9.45. The van der Waals surface area contributed by atoms with Crippen LogP contribution in [0, 0.1) is 0 Å². The van der Waals surface area contributed by atoms with E-state index in [1.54, 1.807) is 18.2 Å².